The van der Waals surface area contributed by atoms with Crippen LogP contribution in [0.2, 0.25) is 0 Å². The third-order valence-corrected chi connectivity index (χ3v) is 3.90. The number of hydrogen-bond acceptors (Lipinski definition) is 4. The first-order chi connectivity index (χ1) is 13.0. The van der Waals surface area contributed by atoms with Crippen LogP contribution >= 0.6 is 0 Å². The van der Waals surface area contributed by atoms with Crippen molar-refractivity contribution in [3.63, 3.8) is 0 Å². The Hall–Kier alpha value is -3.06. The smallest absolute Gasteiger partial charge is 0.279 e. The fourth-order valence-corrected chi connectivity index (χ4v) is 2.56. The Bertz CT molecular complexity index is 779. The molecule has 2 aromatic rings. The van der Waals surface area contributed by atoms with Crippen molar-refractivity contribution in [2.24, 2.45) is 0 Å². The highest BCUT2D eigenvalue weighted by Crippen LogP contribution is 2.16. The Morgan fingerprint density at radius 1 is 0.926 bits per heavy atom. The minimum atomic E-state index is -0.165. The minimum Gasteiger partial charge on any atom is -0.497 e. The molecule has 144 valence electrons. The second kappa shape index (κ2) is 10.2. The summed E-state index contributed by atoms with van der Waals surface area (Å²) in [6.45, 7) is 0.804. The first-order valence-electron chi connectivity index (χ1n) is 8.65. The van der Waals surface area contributed by atoms with Crippen LogP contribution in [0, 0.1) is 0 Å². The van der Waals surface area contributed by atoms with E-state index in [2.05, 4.69) is 10.6 Å². The van der Waals surface area contributed by atoms with Gasteiger partial charge in [-0.3, -0.25) is 9.59 Å². The first-order valence-corrected chi connectivity index (χ1v) is 8.65. The molecule has 2 amide bonds. The molecular formula is C20H26N3O4+. The van der Waals surface area contributed by atoms with Gasteiger partial charge < -0.3 is 25.0 Å². The Balaban J connectivity index is 1.75. The molecule has 0 aliphatic carbocycles. The number of carbonyl (C=O) groups excluding carboxylic acids is 2. The number of quaternary nitrogens is 1. The van der Waals surface area contributed by atoms with Crippen LogP contribution in [-0.4, -0.2) is 46.2 Å². The summed E-state index contributed by atoms with van der Waals surface area (Å²) in [4.78, 5) is 25.0. The average molecular weight is 372 g/mol. The zero-order valence-corrected chi connectivity index (χ0v) is 15.9. The summed E-state index contributed by atoms with van der Waals surface area (Å²) in [5, 5.41) is 5.66. The third kappa shape index (κ3) is 6.99. The van der Waals surface area contributed by atoms with Crippen LogP contribution in [0.3, 0.4) is 0 Å². The van der Waals surface area contributed by atoms with Gasteiger partial charge in [0.2, 0.25) is 0 Å². The highest BCUT2D eigenvalue weighted by atomic mass is 16.5. The maximum atomic E-state index is 12.1. The van der Waals surface area contributed by atoms with Gasteiger partial charge in [0, 0.05) is 18.3 Å². The van der Waals surface area contributed by atoms with Crippen LogP contribution < -0.4 is 25.0 Å². The molecule has 27 heavy (non-hydrogen) atoms. The van der Waals surface area contributed by atoms with Gasteiger partial charge in [0.05, 0.1) is 21.3 Å². The monoisotopic (exact) mass is 372 g/mol. The van der Waals surface area contributed by atoms with E-state index in [1.54, 1.807) is 45.5 Å². The van der Waals surface area contributed by atoms with E-state index in [9.17, 15) is 9.59 Å². The maximum absolute atomic E-state index is 12.1. The number of amides is 2. The second-order valence-electron chi connectivity index (χ2n) is 6.22. The number of anilines is 1. The van der Waals surface area contributed by atoms with Crippen molar-refractivity contribution in [3.05, 3.63) is 54.1 Å². The first kappa shape index (κ1) is 20.3. The molecule has 2 aromatic carbocycles. The zero-order chi connectivity index (χ0) is 19.6. The lowest BCUT2D eigenvalue weighted by atomic mass is 10.2. The standard InChI is InChI=1S/C20H25N3O4/c1-23(14-20(25)22-16-7-5-9-18(11-16)27-3)13-19(24)21-12-15-6-4-8-17(10-15)26-2/h4-11H,12-14H2,1-3H3,(H,21,24)(H,22,25)/p+1. The highest BCUT2D eigenvalue weighted by Gasteiger charge is 2.14. The van der Waals surface area contributed by atoms with Crippen LogP contribution in [0.25, 0.3) is 0 Å². The Morgan fingerprint density at radius 3 is 2.26 bits per heavy atom. The number of nitrogens with one attached hydrogen (secondary N) is 3. The van der Waals surface area contributed by atoms with E-state index in [0.29, 0.717) is 18.0 Å². The van der Waals surface area contributed by atoms with Crippen LogP contribution in [0.5, 0.6) is 11.5 Å². The van der Waals surface area contributed by atoms with Crippen molar-refractivity contribution in [2.45, 2.75) is 6.54 Å². The van der Waals surface area contributed by atoms with Crippen LogP contribution in [0.1, 0.15) is 5.56 Å². The maximum Gasteiger partial charge on any atom is 0.279 e. The van der Waals surface area contributed by atoms with Crippen molar-refractivity contribution in [1.82, 2.24) is 5.32 Å². The topological polar surface area (TPSA) is 81.1 Å². The van der Waals surface area contributed by atoms with Gasteiger partial charge in [-0.05, 0) is 29.8 Å². The highest BCUT2D eigenvalue weighted by molar-refractivity contribution is 5.91. The molecule has 7 heteroatoms. The summed E-state index contributed by atoms with van der Waals surface area (Å²) in [5.74, 6) is 1.13. The zero-order valence-electron chi connectivity index (χ0n) is 15.9. The van der Waals surface area contributed by atoms with Gasteiger partial charge in [-0.25, -0.2) is 0 Å². The summed E-state index contributed by atoms with van der Waals surface area (Å²) in [7, 11) is 4.98. The van der Waals surface area contributed by atoms with E-state index >= 15 is 0 Å². The number of benzene rings is 2. The summed E-state index contributed by atoms with van der Waals surface area (Å²) >= 11 is 0. The van der Waals surface area contributed by atoms with Gasteiger partial charge in [0.1, 0.15) is 11.5 Å². The van der Waals surface area contributed by atoms with Crippen LogP contribution in [0.15, 0.2) is 48.5 Å². The molecule has 0 radical (unpaired) electrons. The van der Waals surface area contributed by atoms with E-state index in [0.717, 1.165) is 16.2 Å². The molecule has 0 bridgehead atoms. The van der Waals surface area contributed by atoms with Gasteiger partial charge in [-0.2, -0.15) is 0 Å². The number of likely N-dealkylation sites (N-methyl/N-ethyl adjacent to an activating group) is 1. The number of rotatable bonds is 9. The molecule has 0 aliphatic heterocycles. The summed E-state index contributed by atoms with van der Waals surface area (Å²) < 4.78 is 10.3. The Labute approximate surface area is 159 Å². The molecule has 0 saturated carbocycles. The summed E-state index contributed by atoms with van der Waals surface area (Å²) in [5.41, 5.74) is 1.62. The summed E-state index contributed by atoms with van der Waals surface area (Å²) in [6, 6.07) is 14.7. The van der Waals surface area contributed by atoms with E-state index in [1.165, 1.54) is 0 Å². The third-order valence-electron chi connectivity index (χ3n) is 3.90. The van der Waals surface area contributed by atoms with E-state index < -0.39 is 0 Å². The van der Waals surface area contributed by atoms with E-state index in [1.807, 2.05) is 24.3 Å². The SMILES string of the molecule is COc1cccc(CNC(=O)C[NH+](C)CC(=O)Nc2cccc(OC)c2)c1. The van der Waals surface area contributed by atoms with Gasteiger partial charge in [-0.15, -0.1) is 0 Å². The van der Waals surface area contributed by atoms with Gasteiger partial charge in [-0.1, -0.05) is 18.2 Å². The lowest BCUT2D eigenvalue weighted by molar-refractivity contribution is -0.862. The lowest BCUT2D eigenvalue weighted by Crippen LogP contribution is -3.11. The van der Waals surface area contributed by atoms with Crippen LogP contribution in [-0.2, 0) is 16.1 Å². The molecule has 0 saturated heterocycles. The van der Waals surface area contributed by atoms with Gasteiger partial charge in [0.15, 0.2) is 13.1 Å². The fourth-order valence-electron chi connectivity index (χ4n) is 2.56. The molecule has 1 unspecified atom stereocenters. The average Bonchev–Trinajstić information content (AvgIpc) is 2.66. The molecule has 7 nitrogen and oxygen atoms in total. The predicted octanol–water partition coefficient (Wildman–Crippen LogP) is 0.473. The summed E-state index contributed by atoms with van der Waals surface area (Å²) in [6.07, 6.45) is 0. The minimum absolute atomic E-state index is 0.121. The second-order valence-corrected chi connectivity index (χ2v) is 6.22. The number of methoxy groups -OCH3 is 2. The number of ether oxygens (including phenoxy) is 2. The lowest BCUT2D eigenvalue weighted by Gasteiger charge is -2.14. The molecule has 1 atom stereocenters. The molecular weight excluding hydrogens is 346 g/mol. The van der Waals surface area contributed by atoms with E-state index in [-0.39, 0.29) is 24.9 Å². The van der Waals surface area contributed by atoms with Crippen LogP contribution in [0.4, 0.5) is 5.69 Å². The van der Waals surface area contributed by atoms with Crippen molar-refractivity contribution in [1.29, 1.82) is 0 Å². The van der Waals surface area contributed by atoms with E-state index in [4.69, 9.17) is 9.47 Å². The van der Waals surface area contributed by atoms with Crippen molar-refractivity contribution < 1.29 is 24.0 Å². The number of carbonyl (C=O) groups is 2. The quantitative estimate of drug-likeness (QED) is 0.598. The van der Waals surface area contributed by atoms with Gasteiger partial charge >= 0.3 is 0 Å². The fraction of sp³-hybridized carbons (Fsp3) is 0.300. The number of hydrogen-bond donors (Lipinski definition) is 3. The molecule has 2 rings (SSSR count). The van der Waals surface area contributed by atoms with Crippen molar-refractivity contribution >= 4 is 17.5 Å². The molecule has 3 N–H and O–H groups in total. The van der Waals surface area contributed by atoms with Crippen molar-refractivity contribution in [2.75, 3.05) is 39.7 Å². The van der Waals surface area contributed by atoms with Crippen molar-refractivity contribution in [3.8, 4) is 11.5 Å². The Kier molecular flexibility index (Phi) is 7.63. The van der Waals surface area contributed by atoms with Gasteiger partial charge in [0.25, 0.3) is 11.8 Å². The normalized spacial score (nSPS) is 11.4. The molecule has 0 aliphatic rings. The molecule has 0 heterocycles. The molecule has 0 aromatic heterocycles. The predicted molar refractivity (Wildman–Crippen MR) is 103 cm³/mol. The largest absolute Gasteiger partial charge is 0.497 e. The Morgan fingerprint density at radius 2 is 1.56 bits per heavy atom. The molecule has 0 fully saturated rings. The molecule has 0 spiro atoms.